The maximum absolute atomic E-state index is 12.2. The highest BCUT2D eigenvalue weighted by Crippen LogP contribution is 2.20. The molecule has 0 aliphatic carbocycles. The molecular weight excluding hydrogens is 252 g/mol. The maximum Gasteiger partial charge on any atom is 0.255 e. The first-order valence-corrected chi connectivity index (χ1v) is 6.28. The molecular formula is C12H19ClN4O. The highest BCUT2D eigenvalue weighted by atomic mass is 35.5. The molecule has 0 saturated heterocycles. The number of carbonyl (C=O) groups excluding carboxylic acids is 1. The molecule has 0 aliphatic rings. The number of rotatable bonds is 5. The average Bonchev–Trinajstić information content (AvgIpc) is 2.37. The Labute approximate surface area is 112 Å². The molecule has 0 fully saturated rings. The SMILES string of the molecule is CCCC(C)N(C)C(=O)c1cnc(NN)c(Cl)c1. The Kier molecular flexibility index (Phi) is 5.37. The largest absolute Gasteiger partial charge is 0.339 e. The first-order chi connectivity index (χ1) is 8.51. The van der Waals surface area contributed by atoms with Crippen molar-refractivity contribution in [3.8, 4) is 0 Å². The molecule has 100 valence electrons. The van der Waals surface area contributed by atoms with E-state index >= 15 is 0 Å². The summed E-state index contributed by atoms with van der Waals surface area (Å²) in [5, 5.41) is 0.333. The Bertz CT molecular complexity index is 425. The number of nitrogens with one attached hydrogen (secondary N) is 1. The zero-order valence-corrected chi connectivity index (χ0v) is 11.7. The van der Waals surface area contributed by atoms with E-state index in [0.29, 0.717) is 16.4 Å². The van der Waals surface area contributed by atoms with Crippen molar-refractivity contribution in [1.82, 2.24) is 9.88 Å². The van der Waals surface area contributed by atoms with Crippen molar-refractivity contribution in [1.29, 1.82) is 0 Å². The second-order valence-corrected chi connectivity index (χ2v) is 4.66. The van der Waals surface area contributed by atoms with Crippen LogP contribution in [0.1, 0.15) is 37.0 Å². The lowest BCUT2D eigenvalue weighted by Crippen LogP contribution is -2.35. The zero-order chi connectivity index (χ0) is 13.7. The summed E-state index contributed by atoms with van der Waals surface area (Å²) in [6.45, 7) is 4.11. The molecule has 1 atom stereocenters. The third-order valence-corrected chi connectivity index (χ3v) is 3.20. The number of aromatic nitrogens is 1. The van der Waals surface area contributed by atoms with Crippen LogP contribution in [0.4, 0.5) is 5.82 Å². The lowest BCUT2D eigenvalue weighted by atomic mass is 10.1. The number of hydrazine groups is 1. The number of hydrogen-bond acceptors (Lipinski definition) is 4. The number of amides is 1. The molecule has 1 amide bonds. The van der Waals surface area contributed by atoms with Crippen LogP contribution in [0.3, 0.4) is 0 Å². The van der Waals surface area contributed by atoms with Gasteiger partial charge in [0.25, 0.3) is 5.91 Å². The number of halogens is 1. The Morgan fingerprint density at radius 2 is 2.33 bits per heavy atom. The van der Waals surface area contributed by atoms with E-state index in [0.717, 1.165) is 12.8 Å². The minimum absolute atomic E-state index is 0.0890. The Morgan fingerprint density at radius 3 is 2.83 bits per heavy atom. The van der Waals surface area contributed by atoms with Crippen LogP contribution in [-0.4, -0.2) is 28.9 Å². The number of carbonyl (C=O) groups is 1. The summed E-state index contributed by atoms with van der Waals surface area (Å²) in [4.78, 5) is 17.9. The third kappa shape index (κ3) is 3.34. The smallest absolute Gasteiger partial charge is 0.255 e. The molecule has 0 aromatic carbocycles. The molecule has 1 aromatic rings. The lowest BCUT2D eigenvalue weighted by Gasteiger charge is -2.24. The Balaban J connectivity index is 2.87. The minimum Gasteiger partial charge on any atom is -0.339 e. The van der Waals surface area contributed by atoms with Gasteiger partial charge in [0.05, 0.1) is 10.6 Å². The standard InChI is InChI=1S/C12H19ClN4O/c1-4-5-8(2)17(3)12(18)9-6-10(13)11(16-14)15-7-9/h6-8H,4-5,14H2,1-3H3,(H,15,16). The second-order valence-electron chi connectivity index (χ2n) is 4.25. The van der Waals surface area contributed by atoms with E-state index in [1.54, 1.807) is 18.0 Å². The predicted octanol–water partition coefficient (Wildman–Crippen LogP) is 2.28. The van der Waals surface area contributed by atoms with E-state index < -0.39 is 0 Å². The van der Waals surface area contributed by atoms with E-state index in [2.05, 4.69) is 17.3 Å². The van der Waals surface area contributed by atoms with Crippen LogP contribution < -0.4 is 11.3 Å². The number of hydrogen-bond donors (Lipinski definition) is 2. The van der Waals surface area contributed by atoms with Crippen LogP contribution in [0.2, 0.25) is 5.02 Å². The topological polar surface area (TPSA) is 71.2 Å². The van der Waals surface area contributed by atoms with Gasteiger partial charge in [-0.05, 0) is 19.4 Å². The van der Waals surface area contributed by atoms with E-state index in [9.17, 15) is 4.79 Å². The van der Waals surface area contributed by atoms with Crippen LogP contribution in [-0.2, 0) is 0 Å². The highest BCUT2D eigenvalue weighted by Gasteiger charge is 2.18. The van der Waals surface area contributed by atoms with Gasteiger partial charge >= 0.3 is 0 Å². The van der Waals surface area contributed by atoms with Crippen molar-refractivity contribution >= 4 is 23.3 Å². The van der Waals surface area contributed by atoms with E-state index in [1.807, 2.05) is 6.92 Å². The summed E-state index contributed by atoms with van der Waals surface area (Å²) in [6, 6.07) is 1.76. The average molecular weight is 271 g/mol. The van der Waals surface area contributed by atoms with E-state index in [-0.39, 0.29) is 11.9 Å². The quantitative estimate of drug-likeness (QED) is 0.636. The van der Waals surface area contributed by atoms with Crippen LogP contribution in [0.25, 0.3) is 0 Å². The Morgan fingerprint density at radius 1 is 1.67 bits per heavy atom. The van der Waals surface area contributed by atoms with Gasteiger partial charge in [0.1, 0.15) is 0 Å². The maximum atomic E-state index is 12.2. The first-order valence-electron chi connectivity index (χ1n) is 5.90. The van der Waals surface area contributed by atoms with E-state index in [1.165, 1.54) is 6.20 Å². The van der Waals surface area contributed by atoms with Gasteiger partial charge in [0.2, 0.25) is 0 Å². The summed E-state index contributed by atoms with van der Waals surface area (Å²) in [5.74, 6) is 5.50. The summed E-state index contributed by atoms with van der Waals surface area (Å²) < 4.78 is 0. The second kappa shape index (κ2) is 6.56. The molecule has 1 heterocycles. The molecule has 1 rings (SSSR count). The first kappa shape index (κ1) is 14.7. The van der Waals surface area contributed by atoms with Gasteiger partial charge in [-0.3, -0.25) is 4.79 Å². The molecule has 0 aliphatic heterocycles. The molecule has 1 unspecified atom stereocenters. The van der Waals surface area contributed by atoms with Gasteiger partial charge in [-0.2, -0.15) is 0 Å². The van der Waals surface area contributed by atoms with E-state index in [4.69, 9.17) is 17.4 Å². The van der Waals surface area contributed by atoms with Crippen molar-refractivity contribution in [3.63, 3.8) is 0 Å². The van der Waals surface area contributed by atoms with Gasteiger partial charge in [-0.25, -0.2) is 10.8 Å². The van der Waals surface area contributed by atoms with Crippen LogP contribution in [0, 0.1) is 0 Å². The normalized spacial score (nSPS) is 12.1. The molecule has 0 radical (unpaired) electrons. The van der Waals surface area contributed by atoms with Crippen LogP contribution in [0.15, 0.2) is 12.3 Å². The highest BCUT2D eigenvalue weighted by molar-refractivity contribution is 6.33. The fraction of sp³-hybridized carbons (Fsp3) is 0.500. The number of nitrogens with two attached hydrogens (primary N) is 1. The molecule has 0 spiro atoms. The molecule has 6 heteroatoms. The monoisotopic (exact) mass is 270 g/mol. The summed E-state index contributed by atoms with van der Waals surface area (Å²) in [5.41, 5.74) is 2.83. The van der Waals surface area contributed by atoms with Crippen LogP contribution >= 0.6 is 11.6 Å². The minimum atomic E-state index is -0.0890. The molecule has 0 bridgehead atoms. The van der Waals surface area contributed by atoms with Gasteiger partial charge < -0.3 is 10.3 Å². The van der Waals surface area contributed by atoms with Crippen molar-refractivity contribution < 1.29 is 4.79 Å². The summed E-state index contributed by atoms with van der Waals surface area (Å²) >= 11 is 5.94. The number of nitrogens with zero attached hydrogens (tertiary/aromatic N) is 2. The number of pyridine rings is 1. The zero-order valence-electron chi connectivity index (χ0n) is 10.9. The summed E-state index contributed by atoms with van der Waals surface area (Å²) in [6.07, 6.45) is 3.47. The Hall–Kier alpha value is -1.33. The van der Waals surface area contributed by atoms with Crippen molar-refractivity contribution in [2.45, 2.75) is 32.7 Å². The molecule has 0 saturated carbocycles. The predicted molar refractivity (Wildman–Crippen MR) is 73.5 cm³/mol. The van der Waals surface area contributed by atoms with Gasteiger partial charge in [0.15, 0.2) is 5.82 Å². The molecule has 3 N–H and O–H groups in total. The molecule has 18 heavy (non-hydrogen) atoms. The third-order valence-electron chi connectivity index (χ3n) is 2.91. The van der Waals surface area contributed by atoms with Crippen molar-refractivity contribution in [3.05, 3.63) is 22.8 Å². The molecule has 5 nitrogen and oxygen atoms in total. The van der Waals surface area contributed by atoms with Crippen molar-refractivity contribution in [2.24, 2.45) is 5.84 Å². The fourth-order valence-corrected chi connectivity index (χ4v) is 1.90. The fourth-order valence-electron chi connectivity index (χ4n) is 1.68. The van der Waals surface area contributed by atoms with Gasteiger partial charge in [0, 0.05) is 19.3 Å². The summed E-state index contributed by atoms with van der Waals surface area (Å²) in [7, 11) is 1.78. The van der Waals surface area contributed by atoms with Crippen molar-refractivity contribution in [2.75, 3.05) is 12.5 Å². The van der Waals surface area contributed by atoms with Crippen LogP contribution in [0.5, 0.6) is 0 Å². The number of anilines is 1. The number of nitrogen functional groups attached to an aromatic ring is 1. The van der Waals surface area contributed by atoms with Gasteiger partial charge in [-0.1, -0.05) is 24.9 Å². The molecule has 1 aromatic heterocycles. The lowest BCUT2D eigenvalue weighted by molar-refractivity contribution is 0.0736. The van der Waals surface area contributed by atoms with Gasteiger partial charge in [-0.15, -0.1) is 0 Å².